The molecule has 1 amide bonds. The fraction of sp³-hybridized carbons (Fsp3) is 0.200. The van der Waals surface area contributed by atoms with Crippen LogP contribution in [-0.2, 0) is 10.5 Å². The number of thioether (sulfide) groups is 1. The SMILES string of the molecule is Cc1ccc(-c2csc(NC(=O)CSCc3ccccc3)n2)c(C)c1. The summed E-state index contributed by atoms with van der Waals surface area (Å²) in [6.45, 7) is 4.16. The summed E-state index contributed by atoms with van der Waals surface area (Å²) in [6.07, 6.45) is 0. The third-order valence-corrected chi connectivity index (χ3v) is 5.51. The maximum absolute atomic E-state index is 12.1. The molecule has 0 bridgehead atoms. The van der Waals surface area contributed by atoms with Crippen LogP contribution in [0, 0.1) is 13.8 Å². The molecule has 0 aliphatic heterocycles. The molecule has 1 heterocycles. The Bertz CT molecular complexity index is 859. The van der Waals surface area contributed by atoms with Crippen molar-refractivity contribution in [2.45, 2.75) is 19.6 Å². The number of anilines is 1. The van der Waals surface area contributed by atoms with Crippen molar-refractivity contribution >= 4 is 34.1 Å². The average Bonchev–Trinajstić information content (AvgIpc) is 3.04. The molecule has 0 atom stereocenters. The second kappa shape index (κ2) is 8.32. The van der Waals surface area contributed by atoms with Crippen LogP contribution < -0.4 is 5.32 Å². The van der Waals surface area contributed by atoms with Crippen molar-refractivity contribution in [3.8, 4) is 11.3 Å². The zero-order chi connectivity index (χ0) is 17.6. The smallest absolute Gasteiger partial charge is 0.236 e. The number of thiazole rings is 1. The predicted molar refractivity (Wildman–Crippen MR) is 108 cm³/mol. The molecule has 0 unspecified atom stereocenters. The van der Waals surface area contributed by atoms with E-state index in [4.69, 9.17) is 0 Å². The third kappa shape index (κ3) is 4.94. The summed E-state index contributed by atoms with van der Waals surface area (Å²) in [5.41, 5.74) is 5.68. The van der Waals surface area contributed by atoms with E-state index in [1.165, 1.54) is 28.0 Å². The first kappa shape index (κ1) is 17.7. The normalized spacial score (nSPS) is 10.6. The van der Waals surface area contributed by atoms with Crippen LogP contribution in [0.2, 0.25) is 0 Å². The van der Waals surface area contributed by atoms with E-state index < -0.39 is 0 Å². The average molecular weight is 369 g/mol. The Hall–Kier alpha value is -2.11. The third-order valence-electron chi connectivity index (χ3n) is 3.75. The molecule has 0 spiro atoms. The van der Waals surface area contributed by atoms with E-state index in [0.29, 0.717) is 10.9 Å². The highest BCUT2D eigenvalue weighted by Gasteiger charge is 2.10. The van der Waals surface area contributed by atoms with Crippen LogP contribution in [-0.4, -0.2) is 16.6 Å². The fourth-order valence-electron chi connectivity index (χ4n) is 2.55. The van der Waals surface area contributed by atoms with E-state index >= 15 is 0 Å². The summed E-state index contributed by atoms with van der Waals surface area (Å²) in [6, 6.07) is 16.5. The first-order chi connectivity index (χ1) is 12.1. The van der Waals surface area contributed by atoms with Crippen LogP contribution in [0.4, 0.5) is 5.13 Å². The van der Waals surface area contributed by atoms with E-state index in [-0.39, 0.29) is 5.91 Å². The van der Waals surface area contributed by atoms with Crippen LogP contribution in [0.1, 0.15) is 16.7 Å². The van der Waals surface area contributed by atoms with Gasteiger partial charge in [0, 0.05) is 16.7 Å². The van der Waals surface area contributed by atoms with Crippen molar-refractivity contribution in [3.63, 3.8) is 0 Å². The van der Waals surface area contributed by atoms with Crippen LogP contribution in [0.3, 0.4) is 0 Å². The van der Waals surface area contributed by atoms with Gasteiger partial charge in [0.05, 0.1) is 11.4 Å². The Morgan fingerprint density at radius 1 is 1.16 bits per heavy atom. The first-order valence-corrected chi connectivity index (χ1v) is 10.1. The maximum atomic E-state index is 12.1. The van der Waals surface area contributed by atoms with Gasteiger partial charge in [0.25, 0.3) is 0 Å². The number of hydrogen-bond acceptors (Lipinski definition) is 4. The highest BCUT2D eigenvalue weighted by atomic mass is 32.2. The van der Waals surface area contributed by atoms with Crippen molar-refractivity contribution in [1.29, 1.82) is 0 Å². The van der Waals surface area contributed by atoms with Gasteiger partial charge in [-0.25, -0.2) is 4.98 Å². The van der Waals surface area contributed by atoms with Crippen LogP contribution in [0.5, 0.6) is 0 Å². The minimum atomic E-state index is -0.0116. The number of hydrogen-bond donors (Lipinski definition) is 1. The van der Waals surface area contributed by atoms with Gasteiger partial charge in [0.15, 0.2) is 5.13 Å². The number of amides is 1. The van der Waals surface area contributed by atoms with Gasteiger partial charge in [0.1, 0.15) is 0 Å². The molecule has 3 aromatic rings. The number of carbonyl (C=O) groups is 1. The minimum absolute atomic E-state index is 0.0116. The number of rotatable bonds is 6. The topological polar surface area (TPSA) is 42.0 Å². The zero-order valence-corrected chi connectivity index (χ0v) is 15.9. The molecular formula is C20H20N2OS2. The molecule has 1 N–H and O–H groups in total. The lowest BCUT2D eigenvalue weighted by atomic mass is 10.0. The van der Waals surface area contributed by atoms with Gasteiger partial charge in [-0.15, -0.1) is 23.1 Å². The molecular weight excluding hydrogens is 348 g/mol. The largest absolute Gasteiger partial charge is 0.301 e. The molecule has 0 saturated carbocycles. The van der Waals surface area contributed by atoms with E-state index in [1.807, 2.05) is 23.6 Å². The Balaban J connectivity index is 1.55. The Kier molecular flexibility index (Phi) is 5.89. The van der Waals surface area contributed by atoms with Crippen LogP contribution in [0.25, 0.3) is 11.3 Å². The molecule has 1 aromatic heterocycles. The van der Waals surface area contributed by atoms with Gasteiger partial charge in [0.2, 0.25) is 5.91 Å². The molecule has 3 rings (SSSR count). The molecule has 0 radical (unpaired) electrons. The maximum Gasteiger partial charge on any atom is 0.236 e. The Morgan fingerprint density at radius 3 is 2.72 bits per heavy atom. The molecule has 0 aliphatic rings. The Morgan fingerprint density at radius 2 is 1.96 bits per heavy atom. The summed E-state index contributed by atoms with van der Waals surface area (Å²) in [5, 5.41) is 5.54. The molecule has 5 heteroatoms. The van der Waals surface area contributed by atoms with Gasteiger partial charge < -0.3 is 5.32 Å². The minimum Gasteiger partial charge on any atom is -0.301 e. The number of aryl methyl sites for hydroxylation is 2. The van der Waals surface area contributed by atoms with Crippen LogP contribution in [0.15, 0.2) is 53.9 Å². The second-order valence-electron chi connectivity index (χ2n) is 5.88. The lowest BCUT2D eigenvalue weighted by Gasteiger charge is -2.04. The van der Waals surface area contributed by atoms with Gasteiger partial charge in [-0.1, -0.05) is 54.1 Å². The highest BCUT2D eigenvalue weighted by molar-refractivity contribution is 7.99. The molecule has 2 aromatic carbocycles. The number of aromatic nitrogens is 1. The van der Waals surface area contributed by atoms with Crippen molar-refractivity contribution in [2.24, 2.45) is 0 Å². The summed E-state index contributed by atoms with van der Waals surface area (Å²) in [7, 11) is 0. The van der Waals surface area contributed by atoms with Gasteiger partial charge in [-0.05, 0) is 25.0 Å². The van der Waals surface area contributed by atoms with E-state index in [2.05, 4.69) is 54.5 Å². The summed E-state index contributed by atoms with van der Waals surface area (Å²) < 4.78 is 0. The Labute approximate surface area is 156 Å². The van der Waals surface area contributed by atoms with Crippen molar-refractivity contribution in [1.82, 2.24) is 4.98 Å². The first-order valence-electron chi connectivity index (χ1n) is 8.06. The monoisotopic (exact) mass is 368 g/mol. The van der Waals surface area contributed by atoms with Crippen molar-refractivity contribution < 1.29 is 4.79 Å². The number of nitrogens with zero attached hydrogens (tertiary/aromatic N) is 1. The lowest BCUT2D eigenvalue weighted by Crippen LogP contribution is -2.13. The van der Waals surface area contributed by atoms with Crippen molar-refractivity contribution in [3.05, 3.63) is 70.6 Å². The number of benzene rings is 2. The van der Waals surface area contributed by atoms with E-state index in [9.17, 15) is 4.79 Å². The lowest BCUT2D eigenvalue weighted by molar-refractivity contribution is -0.113. The summed E-state index contributed by atoms with van der Waals surface area (Å²) in [5.74, 6) is 1.25. The molecule has 0 saturated heterocycles. The second-order valence-corrected chi connectivity index (χ2v) is 7.73. The van der Waals surface area contributed by atoms with Gasteiger partial charge in [-0.2, -0.15) is 0 Å². The molecule has 0 fully saturated rings. The standard InChI is InChI=1S/C20H20N2OS2/c1-14-8-9-17(15(2)10-14)18-12-25-20(21-18)22-19(23)13-24-11-16-6-4-3-5-7-16/h3-10,12H,11,13H2,1-2H3,(H,21,22,23). The number of carbonyl (C=O) groups excluding carboxylic acids is 1. The summed E-state index contributed by atoms with van der Waals surface area (Å²) >= 11 is 3.07. The van der Waals surface area contributed by atoms with Gasteiger partial charge >= 0.3 is 0 Å². The van der Waals surface area contributed by atoms with Crippen LogP contribution >= 0.6 is 23.1 Å². The van der Waals surface area contributed by atoms with E-state index in [0.717, 1.165) is 17.0 Å². The summed E-state index contributed by atoms with van der Waals surface area (Å²) in [4.78, 5) is 16.6. The quantitative estimate of drug-likeness (QED) is 0.642. The zero-order valence-electron chi connectivity index (χ0n) is 14.3. The number of nitrogens with one attached hydrogen (secondary N) is 1. The highest BCUT2D eigenvalue weighted by Crippen LogP contribution is 2.28. The molecule has 0 aliphatic carbocycles. The predicted octanol–water partition coefficient (Wildman–Crippen LogP) is 5.30. The molecule has 3 nitrogen and oxygen atoms in total. The van der Waals surface area contributed by atoms with Crippen molar-refractivity contribution in [2.75, 3.05) is 11.1 Å². The molecule has 128 valence electrons. The van der Waals surface area contributed by atoms with Gasteiger partial charge in [-0.3, -0.25) is 4.79 Å². The fourth-order valence-corrected chi connectivity index (χ4v) is 4.06. The van der Waals surface area contributed by atoms with E-state index in [1.54, 1.807) is 11.8 Å². The molecule has 25 heavy (non-hydrogen) atoms.